The Balaban J connectivity index is 2.11. The maximum Gasteiger partial charge on any atom is 0.0490 e. The summed E-state index contributed by atoms with van der Waals surface area (Å²) in [4.78, 5) is 0. The van der Waals surface area contributed by atoms with Crippen molar-refractivity contribution in [2.75, 3.05) is 5.32 Å². The molecular formula is C15H15Br2N. The zero-order chi connectivity index (χ0) is 13.1. The van der Waals surface area contributed by atoms with Crippen molar-refractivity contribution in [3.8, 4) is 0 Å². The van der Waals surface area contributed by atoms with Crippen molar-refractivity contribution >= 4 is 37.5 Å². The van der Waals surface area contributed by atoms with E-state index in [0.29, 0.717) is 0 Å². The van der Waals surface area contributed by atoms with Gasteiger partial charge in [0.1, 0.15) is 0 Å². The molecule has 0 aliphatic carbocycles. The molecular weight excluding hydrogens is 354 g/mol. The molecule has 0 heterocycles. The van der Waals surface area contributed by atoms with Gasteiger partial charge in [-0.25, -0.2) is 0 Å². The number of hydrogen-bond acceptors (Lipinski definition) is 1. The van der Waals surface area contributed by atoms with Gasteiger partial charge in [-0.15, -0.1) is 0 Å². The van der Waals surface area contributed by atoms with Crippen LogP contribution in [0, 0.1) is 13.8 Å². The van der Waals surface area contributed by atoms with Crippen molar-refractivity contribution in [1.82, 2.24) is 0 Å². The number of halogens is 2. The van der Waals surface area contributed by atoms with Gasteiger partial charge in [0.15, 0.2) is 0 Å². The summed E-state index contributed by atoms with van der Waals surface area (Å²) in [6, 6.07) is 12.7. The molecule has 0 bridgehead atoms. The number of aryl methyl sites for hydroxylation is 2. The first-order chi connectivity index (χ1) is 8.58. The fourth-order valence-corrected chi connectivity index (χ4v) is 2.56. The van der Waals surface area contributed by atoms with Crippen LogP contribution in [0.2, 0.25) is 0 Å². The minimum atomic E-state index is 0.820. The van der Waals surface area contributed by atoms with Crippen LogP contribution in [0.5, 0.6) is 0 Å². The minimum absolute atomic E-state index is 0.820. The molecule has 1 N–H and O–H groups in total. The van der Waals surface area contributed by atoms with E-state index in [9.17, 15) is 0 Å². The molecule has 0 aliphatic heterocycles. The van der Waals surface area contributed by atoms with Crippen LogP contribution >= 0.6 is 31.9 Å². The first kappa shape index (κ1) is 13.6. The maximum absolute atomic E-state index is 3.61. The summed E-state index contributed by atoms with van der Waals surface area (Å²) < 4.78 is 2.29. The van der Waals surface area contributed by atoms with Crippen molar-refractivity contribution in [2.24, 2.45) is 0 Å². The van der Waals surface area contributed by atoms with Gasteiger partial charge in [0.25, 0.3) is 0 Å². The van der Waals surface area contributed by atoms with Gasteiger partial charge in [0.05, 0.1) is 0 Å². The topological polar surface area (TPSA) is 12.0 Å². The van der Waals surface area contributed by atoms with E-state index in [4.69, 9.17) is 0 Å². The predicted molar refractivity (Wildman–Crippen MR) is 85.1 cm³/mol. The Morgan fingerprint density at radius 3 is 2.50 bits per heavy atom. The lowest BCUT2D eigenvalue weighted by Crippen LogP contribution is -2.00. The van der Waals surface area contributed by atoms with Crippen molar-refractivity contribution in [1.29, 1.82) is 0 Å². The highest BCUT2D eigenvalue weighted by Crippen LogP contribution is 2.26. The molecule has 3 heteroatoms. The van der Waals surface area contributed by atoms with Gasteiger partial charge < -0.3 is 5.32 Å². The monoisotopic (exact) mass is 367 g/mol. The third-order valence-electron chi connectivity index (χ3n) is 2.91. The number of hydrogen-bond donors (Lipinski definition) is 1. The molecule has 0 aromatic heterocycles. The van der Waals surface area contributed by atoms with Gasteiger partial charge in [-0.05, 0) is 58.6 Å². The van der Waals surface area contributed by atoms with Gasteiger partial charge in [0.2, 0.25) is 0 Å². The molecule has 0 spiro atoms. The fraction of sp³-hybridized carbons (Fsp3) is 0.200. The van der Waals surface area contributed by atoms with E-state index < -0.39 is 0 Å². The number of benzene rings is 2. The number of anilines is 1. The average Bonchev–Trinajstić information content (AvgIpc) is 2.35. The van der Waals surface area contributed by atoms with Gasteiger partial charge >= 0.3 is 0 Å². The summed E-state index contributed by atoms with van der Waals surface area (Å²) in [6.45, 7) is 5.01. The summed E-state index contributed by atoms with van der Waals surface area (Å²) in [6.07, 6.45) is 0. The summed E-state index contributed by atoms with van der Waals surface area (Å²) in [7, 11) is 0. The molecule has 2 aromatic rings. The fourth-order valence-electron chi connectivity index (χ4n) is 1.73. The van der Waals surface area contributed by atoms with Crippen molar-refractivity contribution in [3.05, 3.63) is 62.0 Å². The SMILES string of the molecule is Cc1ccc(CNc2cccc(C)c2Br)cc1Br. The Hall–Kier alpha value is -0.800. The molecule has 0 aliphatic rings. The second-order valence-electron chi connectivity index (χ2n) is 4.37. The van der Waals surface area contributed by atoms with Crippen LogP contribution in [0.15, 0.2) is 45.3 Å². The number of rotatable bonds is 3. The van der Waals surface area contributed by atoms with Crippen molar-refractivity contribution < 1.29 is 0 Å². The second kappa shape index (κ2) is 5.89. The second-order valence-corrected chi connectivity index (χ2v) is 6.02. The third kappa shape index (κ3) is 3.15. The van der Waals surface area contributed by atoms with Gasteiger partial charge in [-0.1, -0.05) is 40.2 Å². The molecule has 0 atom stereocenters. The van der Waals surface area contributed by atoms with Crippen LogP contribution in [0.4, 0.5) is 5.69 Å². The van der Waals surface area contributed by atoms with Crippen LogP contribution in [-0.4, -0.2) is 0 Å². The highest BCUT2D eigenvalue weighted by atomic mass is 79.9. The van der Waals surface area contributed by atoms with E-state index in [2.05, 4.69) is 87.4 Å². The van der Waals surface area contributed by atoms with Crippen LogP contribution in [0.25, 0.3) is 0 Å². The molecule has 2 rings (SSSR count). The molecule has 2 aromatic carbocycles. The smallest absolute Gasteiger partial charge is 0.0490 e. The Morgan fingerprint density at radius 1 is 1.00 bits per heavy atom. The van der Waals surface area contributed by atoms with Crippen LogP contribution in [0.3, 0.4) is 0 Å². The zero-order valence-electron chi connectivity index (χ0n) is 10.4. The Morgan fingerprint density at radius 2 is 1.78 bits per heavy atom. The van der Waals surface area contributed by atoms with Crippen molar-refractivity contribution in [3.63, 3.8) is 0 Å². The van der Waals surface area contributed by atoms with Crippen LogP contribution in [-0.2, 0) is 6.54 Å². The lowest BCUT2D eigenvalue weighted by atomic mass is 10.1. The highest BCUT2D eigenvalue weighted by molar-refractivity contribution is 9.11. The normalized spacial score (nSPS) is 10.4. The molecule has 1 nitrogen and oxygen atoms in total. The van der Waals surface area contributed by atoms with Crippen LogP contribution in [0.1, 0.15) is 16.7 Å². The van der Waals surface area contributed by atoms with E-state index in [1.165, 1.54) is 16.7 Å². The van der Waals surface area contributed by atoms with E-state index in [-0.39, 0.29) is 0 Å². The molecule has 0 radical (unpaired) electrons. The molecule has 0 amide bonds. The standard InChI is InChI=1S/C15H15Br2N/c1-10-6-7-12(8-13(10)16)9-18-14-5-3-4-11(2)15(14)17/h3-8,18H,9H2,1-2H3. The van der Waals surface area contributed by atoms with Gasteiger partial charge in [0, 0.05) is 21.2 Å². The first-order valence-corrected chi connectivity index (χ1v) is 7.40. The van der Waals surface area contributed by atoms with E-state index in [1.807, 2.05) is 0 Å². The molecule has 0 saturated heterocycles. The summed E-state index contributed by atoms with van der Waals surface area (Å²) in [5, 5.41) is 3.45. The zero-order valence-corrected chi connectivity index (χ0v) is 13.6. The van der Waals surface area contributed by atoms with Gasteiger partial charge in [-0.2, -0.15) is 0 Å². The van der Waals surface area contributed by atoms with Crippen LogP contribution < -0.4 is 5.32 Å². The van der Waals surface area contributed by atoms with E-state index in [1.54, 1.807) is 0 Å². The Labute approximate surface area is 125 Å². The van der Waals surface area contributed by atoms with E-state index in [0.717, 1.165) is 21.2 Å². The molecule has 0 unspecified atom stereocenters. The number of nitrogens with one attached hydrogen (secondary N) is 1. The average molecular weight is 369 g/mol. The quantitative estimate of drug-likeness (QED) is 0.760. The predicted octanol–water partition coefficient (Wildman–Crippen LogP) is 5.44. The lowest BCUT2D eigenvalue weighted by molar-refractivity contribution is 1.13. The lowest BCUT2D eigenvalue weighted by Gasteiger charge is -2.11. The summed E-state index contributed by atoms with van der Waals surface area (Å²) >= 11 is 7.17. The molecule has 94 valence electrons. The molecule has 0 saturated carbocycles. The molecule has 0 fully saturated rings. The van der Waals surface area contributed by atoms with Crippen molar-refractivity contribution in [2.45, 2.75) is 20.4 Å². The maximum atomic E-state index is 3.61. The highest BCUT2D eigenvalue weighted by Gasteiger charge is 2.02. The molecule has 18 heavy (non-hydrogen) atoms. The summed E-state index contributed by atoms with van der Waals surface area (Å²) in [5.41, 5.74) is 4.90. The largest absolute Gasteiger partial charge is 0.380 e. The van der Waals surface area contributed by atoms with E-state index >= 15 is 0 Å². The Bertz CT molecular complexity index is 564. The summed E-state index contributed by atoms with van der Waals surface area (Å²) in [5.74, 6) is 0. The third-order valence-corrected chi connectivity index (χ3v) is 4.82. The Kier molecular flexibility index (Phi) is 4.46. The first-order valence-electron chi connectivity index (χ1n) is 5.82. The van der Waals surface area contributed by atoms with Gasteiger partial charge in [-0.3, -0.25) is 0 Å². The minimum Gasteiger partial charge on any atom is -0.380 e.